The van der Waals surface area contributed by atoms with E-state index >= 15 is 0 Å². The Hall–Kier alpha value is -0.530. The maximum Gasteiger partial charge on any atom is 0.0570 e. The Morgan fingerprint density at radius 3 is 2.00 bits per heavy atom. The van der Waals surface area contributed by atoms with E-state index in [-0.39, 0.29) is 0 Å². The molecular weight excluding hydrogens is 138 g/mol. The number of hydrogen-bond acceptors (Lipinski definition) is 2. The second-order valence-electron chi connectivity index (χ2n) is 3.02. The SMILES string of the molecule is CCCC(CCC)C(C)=NO. The molecule has 0 heterocycles. The molecule has 0 saturated carbocycles. The Labute approximate surface area is 69.3 Å². The molecule has 0 aromatic heterocycles. The van der Waals surface area contributed by atoms with Crippen molar-refractivity contribution >= 4 is 5.71 Å². The number of oxime groups is 1. The van der Waals surface area contributed by atoms with Gasteiger partial charge in [0.1, 0.15) is 0 Å². The summed E-state index contributed by atoms with van der Waals surface area (Å²) in [7, 11) is 0. The molecule has 2 nitrogen and oxygen atoms in total. The van der Waals surface area contributed by atoms with E-state index < -0.39 is 0 Å². The molecule has 0 radical (unpaired) electrons. The highest BCUT2D eigenvalue weighted by Crippen LogP contribution is 2.14. The number of rotatable bonds is 5. The van der Waals surface area contributed by atoms with Crippen LogP contribution in [0.25, 0.3) is 0 Å². The van der Waals surface area contributed by atoms with Gasteiger partial charge in [-0.15, -0.1) is 0 Å². The van der Waals surface area contributed by atoms with E-state index in [9.17, 15) is 0 Å². The second kappa shape index (κ2) is 6.20. The van der Waals surface area contributed by atoms with Crippen molar-refractivity contribution < 1.29 is 5.21 Å². The van der Waals surface area contributed by atoms with Gasteiger partial charge in [-0.2, -0.15) is 0 Å². The summed E-state index contributed by atoms with van der Waals surface area (Å²) in [6, 6.07) is 0. The molecule has 0 atom stereocenters. The molecule has 66 valence electrons. The van der Waals surface area contributed by atoms with Crippen LogP contribution in [0.3, 0.4) is 0 Å². The second-order valence-corrected chi connectivity index (χ2v) is 3.02. The summed E-state index contributed by atoms with van der Waals surface area (Å²) in [6.07, 6.45) is 4.61. The molecule has 0 amide bonds. The summed E-state index contributed by atoms with van der Waals surface area (Å²) in [5, 5.41) is 11.8. The van der Waals surface area contributed by atoms with Gasteiger partial charge in [0.2, 0.25) is 0 Å². The first-order valence-electron chi connectivity index (χ1n) is 4.44. The first kappa shape index (κ1) is 10.5. The molecule has 2 heteroatoms. The predicted molar refractivity (Wildman–Crippen MR) is 48.2 cm³/mol. The van der Waals surface area contributed by atoms with Crippen molar-refractivity contribution in [2.45, 2.75) is 46.5 Å². The first-order chi connectivity index (χ1) is 5.26. The average molecular weight is 157 g/mol. The summed E-state index contributed by atoms with van der Waals surface area (Å²) < 4.78 is 0. The molecule has 0 fully saturated rings. The van der Waals surface area contributed by atoms with Crippen LogP contribution in [0.15, 0.2) is 5.16 Å². The van der Waals surface area contributed by atoms with E-state index in [4.69, 9.17) is 5.21 Å². The van der Waals surface area contributed by atoms with Crippen molar-refractivity contribution in [2.24, 2.45) is 11.1 Å². The van der Waals surface area contributed by atoms with Crippen molar-refractivity contribution in [3.8, 4) is 0 Å². The van der Waals surface area contributed by atoms with Crippen molar-refractivity contribution in [3.05, 3.63) is 0 Å². The molecule has 0 aromatic rings. The monoisotopic (exact) mass is 157 g/mol. The summed E-state index contributed by atoms with van der Waals surface area (Å²) in [6.45, 7) is 6.22. The zero-order valence-electron chi connectivity index (χ0n) is 7.80. The highest BCUT2D eigenvalue weighted by molar-refractivity contribution is 5.83. The quantitative estimate of drug-likeness (QED) is 0.371. The summed E-state index contributed by atoms with van der Waals surface area (Å²) in [5.41, 5.74) is 0.883. The number of nitrogens with zero attached hydrogens (tertiary/aromatic N) is 1. The largest absolute Gasteiger partial charge is 0.411 e. The van der Waals surface area contributed by atoms with Gasteiger partial charge in [0.25, 0.3) is 0 Å². The van der Waals surface area contributed by atoms with E-state index in [0.717, 1.165) is 31.4 Å². The topological polar surface area (TPSA) is 32.6 Å². The molecule has 0 aromatic carbocycles. The lowest BCUT2D eigenvalue weighted by Crippen LogP contribution is -2.10. The Morgan fingerprint density at radius 2 is 1.73 bits per heavy atom. The molecule has 0 aliphatic carbocycles. The predicted octanol–water partition coefficient (Wildman–Crippen LogP) is 3.05. The van der Waals surface area contributed by atoms with Crippen LogP contribution in [-0.2, 0) is 0 Å². The van der Waals surface area contributed by atoms with Crippen molar-refractivity contribution in [1.82, 2.24) is 0 Å². The van der Waals surface area contributed by atoms with Crippen LogP contribution in [0.5, 0.6) is 0 Å². The lowest BCUT2D eigenvalue weighted by molar-refractivity contribution is 0.312. The van der Waals surface area contributed by atoms with Crippen LogP contribution >= 0.6 is 0 Å². The summed E-state index contributed by atoms with van der Waals surface area (Å²) >= 11 is 0. The molecule has 11 heavy (non-hydrogen) atoms. The maximum atomic E-state index is 8.55. The third-order valence-corrected chi connectivity index (χ3v) is 2.02. The molecule has 0 rings (SSSR count). The van der Waals surface area contributed by atoms with Crippen LogP contribution in [0.1, 0.15) is 46.5 Å². The minimum Gasteiger partial charge on any atom is -0.411 e. The lowest BCUT2D eigenvalue weighted by Gasteiger charge is -2.12. The minimum absolute atomic E-state index is 0.495. The van der Waals surface area contributed by atoms with E-state index in [1.807, 2.05) is 6.92 Å². The normalized spacial score (nSPS) is 12.5. The number of hydrogen-bond donors (Lipinski definition) is 1. The highest BCUT2D eigenvalue weighted by Gasteiger charge is 2.09. The average Bonchev–Trinajstić information content (AvgIpc) is 2.03. The third-order valence-electron chi connectivity index (χ3n) is 2.02. The fraction of sp³-hybridized carbons (Fsp3) is 0.889. The summed E-state index contributed by atoms with van der Waals surface area (Å²) in [4.78, 5) is 0. The molecule has 0 unspecified atom stereocenters. The smallest absolute Gasteiger partial charge is 0.0570 e. The van der Waals surface area contributed by atoms with Gasteiger partial charge in [0.15, 0.2) is 0 Å². The molecule has 0 aliphatic heterocycles. The van der Waals surface area contributed by atoms with Gasteiger partial charge in [0, 0.05) is 5.92 Å². The standard InChI is InChI=1S/C9H19NO/c1-4-6-9(7-5-2)8(3)10-11/h9,11H,4-7H2,1-3H3. The molecule has 0 saturated heterocycles. The Bertz CT molecular complexity index is 115. The van der Waals surface area contributed by atoms with E-state index in [1.165, 1.54) is 0 Å². The minimum atomic E-state index is 0.495. The van der Waals surface area contributed by atoms with Crippen LogP contribution < -0.4 is 0 Å². The molecule has 0 bridgehead atoms. The van der Waals surface area contributed by atoms with Crippen molar-refractivity contribution in [3.63, 3.8) is 0 Å². The Balaban J connectivity index is 3.87. The highest BCUT2D eigenvalue weighted by atomic mass is 16.4. The van der Waals surface area contributed by atoms with E-state index in [1.54, 1.807) is 0 Å². The third kappa shape index (κ3) is 4.02. The van der Waals surface area contributed by atoms with Gasteiger partial charge in [-0.1, -0.05) is 31.8 Å². The van der Waals surface area contributed by atoms with E-state index in [2.05, 4.69) is 19.0 Å². The zero-order chi connectivity index (χ0) is 8.69. The fourth-order valence-electron chi connectivity index (χ4n) is 1.34. The van der Waals surface area contributed by atoms with Gasteiger partial charge in [-0.25, -0.2) is 0 Å². The lowest BCUT2D eigenvalue weighted by atomic mass is 9.94. The van der Waals surface area contributed by atoms with Gasteiger partial charge >= 0.3 is 0 Å². The van der Waals surface area contributed by atoms with Crippen LogP contribution in [-0.4, -0.2) is 10.9 Å². The fourth-order valence-corrected chi connectivity index (χ4v) is 1.34. The van der Waals surface area contributed by atoms with Crippen molar-refractivity contribution in [2.75, 3.05) is 0 Å². The van der Waals surface area contributed by atoms with Crippen LogP contribution in [0.4, 0.5) is 0 Å². The van der Waals surface area contributed by atoms with Crippen LogP contribution in [0.2, 0.25) is 0 Å². The van der Waals surface area contributed by atoms with Gasteiger partial charge in [0.05, 0.1) is 5.71 Å². The summed E-state index contributed by atoms with van der Waals surface area (Å²) in [5.74, 6) is 0.495. The Kier molecular flexibility index (Phi) is 5.90. The van der Waals surface area contributed by atoms with Gasteiger partial charge in [-0.05, 0) is 19.8 Å². The molecule has 1 N–H and O–H groups in total. The zero-order valence-corrected chi connectivity index (χ0v) is 7.80. The first-order valence-corrected chi connectivity index (χ1v) is 4.44. The van der Waals surface area contributed by atoms with Crippen LogP contribution in [0, 0.1) is 5.92 Å². The maximum absolute atomic E-state index is 8.55. The van der Waals surface area contributed by atoms with Gasteiger partial charge < -0.3 is 5.21 Å². The Morgan fingerprint density at radius 1 is 1.27 bits per heavy atom. The molecule has 0 spiro atoms. The van der Waals surface area contributed by atoms with Crippen molar-refractivity contribution in [1.29, 1.82) is 0 Å². The van der Waals surface area contributed by atoms with E-state index in [0.29, 0.717) is 5.92 Å². The molecular formula is C9H19NO. The molecule has 0 aliphatic rings. The van der Waals surface area contributed by atoms with Gasteiger partial charge in [-0.3, -0.25) is 0 Å².